The number of rotatable bonds is 4. The van der Waals surface area contributed by atoms with E-state index in [1.165, 1.54) is 12.1 Å². The van der Waals surface area contributed by atoms with E-state index in [0.29, 0.717) is 4.52 Å². The number of amides is 1. The van der Waals surface area contributed by atoms with E-state index in [2.05, 4.69) is 20.6 Å². The number of primary amides is 1. The highest BCUT2D eigenvalue weighted by Crippen LogP contribution is 2.27. The number of aromatic nitrogens is 4. The number of anilines is 1. The summed E-state index contributed by atoms with van der Waals surface area (Å²) in [5.41, 5.74) is 5.19. The SMILES string of the molecule is CC(C)C(Nc1ccc2nnc(C(F)(F)F)n2n1)C(N)=O. The van der Waals surface area contributed by atoms with Gasteiger partial charge >= 0.3 is 6.18 Å². The molecule has 0 bridgehead atoms. The molecule has 0 fully saturated rings. The Bertz CT molecular complexity index is 666. The minimum Gasteiger partial charge on any atom is -0.368 e. The van der Waals surface area contributed by atoms with E-state index in [9.17, 15) is 18.0 Å². The molecule has 2 aromatic heterocycles. The Kier molecular flexibility index (Phi) is 3.71. The van der Waals surface area contributed by atoms with Crippen molar-refractivity contribution in [1.29, 1.82) is 0 Å². The van der Waals surface area contributed by atoms with Crippen LogP contribution in [0.15, 0.2) is 12.1 Å². The lowest BCUT2D eigenvalue weighted by Gasteiger charge is -2.19. The molecule has 2 rings (SSSR count). The van der Waals surface area contributed by atoms with E-state index < -0.39 is 23.9 Å². The predicted molar refractivity (Wildman–Crippen MR) is 67.2 cm³/mol. The van der Waals surface area contributed by atoms with Crippen molar-refractivity contribution in [1.82, 2.24) is 19.8 Å². The highest BCUT2D eigenvalue weighted by atomic mass is 19.4. The third-order valence-electron chi connectivity index (χ3n) is 2.79. The molecule has 0 saturated carbocycles. The molecule has 0 aliphatic carbocycles. The average molecular weight is 302 g/mol. The quantitative estimate of drug-likeness (QED) is 0.880. The maximum Gasteiger partial charge on any atom is 0.453 e. The van der Waals surface area contributed by atoms with Crippen LogP contribution in [-0.2, 0) is 11.0 Å². The molecule has 0 spiro atoms. The zero-order valence-electron chi connectivity index (χ0n) is 11.2. The van der Waals surface area contributed by atoms with Crippen LogP contribution in [-0.4, -0.2) is 31.8 Å². The Hall–Kier alpha value is -2.39. The van der Waals surface area contributed by atoms with Crippen LogP contribution in [0.1, 0.15) is 19.7 Å². The minimum absolute atomic E-state index is 0.0481. The molecule has 1 atom stereocenters. The van der Waals surface area contributed by atoms with Gasteiger partial charge in [0, 0.05) is 0 Å². The zero-order valence-corrected chi connectivity index (χ0v) is 11.2. The van der Waals surface area contributed by atoms with Gasteiger partial charge in [-0.3, -0.25) is 4.79 Å². The largest absolute Gasteiger partial charge is 0.453 e. The van der Waals surface area contributed by atoms with Crippen LogP contribution < -0.4 is 11.1 Å². The molecule has 3 N–H and O–H groups in total. The van der Waals surface area contributed by atoms with Gasteiger partial charge in [0.1, 0.15) is 11.9 Å². The molecule has 0 aliphatic rings. The van der Waals surface area contributed by atoms with Crippen LogP contribution in [0.5, 0.6) is 0 Å². The predicted octanol–water partition coefficient (Wildman–Crippen LogP) is 1.06. The van der Waals surface area contributed by atoms with Crippen LogP contribution in [0.2, 0.25) is 0 Å². The van der Waals surface area contributed by atoms with E-state index >= 15 is 0 Å². The second-order valence-electron chi connectivity index (χ2n) is 4.78. The summed E-state index contributed by atoms with van der Waals surface area (Å²) < 4.78 is 38.8. The summed E-state index contributed by atoms with van der Waals surface area (Å²) >= 11 is 0. The van der Waals surface area contributed by atoms with Gasteiger partial charge in [-0.05, 0) is 18.1 Å². The fourth-order valence-corrected chi connectivity index (χ4v) is 1.77. The van der Waals surface area contributed by atoms with E-state index in [-0.39, 0.29) is 17.4 Å². The normalized spacial score (nSPS) is 13.6. The van der Waals surface area contributed by atoms with Crippen LogP contribution in [0.4, 0.5) is 19.0 Å². The molecule has 2 heterocycles. The summed E-state index contributed by atoms with van der Waals surface area (Å²) in [5, 5.41) is 12.9. The fourth-order valence-electron chi connectivity index (χ4n) is 1.77. The molecule has 1 amide bonds. The molecular weight excluding hydrogens is 289 g/mol. The Balaban J connectivity index is 2.40. The fraction of sp³-hybridized carbons (Fsp3) is 0.455. The van der Waals surface area contributed by atoms with E-state index in [1.807, 2.05) is 0 Å². The smallest absolute Gasteiger partial charge is 0.368 e. The van der Waals surface area contributed by atoms with Crippen molar-refractivity contribution in [2.75, 3.05) is 5.32 Å². The van der Waals surface area contributed by atoms with Crippen LogP contribution in [0, 0.1) is 5.92 Å². The van der Waals surface area contributed by atoms with E-state index in [4.69, 9.17) is 5.73 Å². The Labute approximate surface area is 117 Å². The number of halogens is 3. The molecule has 0 aromatic carbocycles. The lowest BCUT2D eigenvalue weighted by atomic mass is 10.0. The monoisotopic (exact) mass is 302 g/mol. The lowest BCUT2D eigenvalue weighted by molar-refractivity contribution is -0.146. The molecule has 21 heavy (non-hydrogen) atoms. The lowest BCUT2D eigenvalue weighted by Crippen LogP contribution is -2.39. The van der Waals surface area contributed by atoms with Crippen LogP contribution in [0.3, 0.4) is 0 Å². The highest BCUT2D eigenvalue weighted by Gasteiger charge is 2.37. The second-order valence-corrected chi connectivity index (χ2v) is 4.78. The topological polar surface area (TPSA) is 98.2 Å². The Morgan fingerprint density at radius 2 is 2.00 bits per heavy atom. The number of hydrogen-bond acceptors (Lipinski definition) is 5. The molecule has 0 saturated heterocycles. The first-order chi connectivity index (χ1) is 9.70. The number of fused-ring (bicyclic) bond motifs is 1. The first-order valence-corrected chi connectivity index (χ1v) is 6.05. The van der Waals surface area contributed by atoms with Gasteiger partial charge in [-0.2, -0.15) is 17.7 Å². The minimum atomic E-state index is -4.67. The summed E-state index contributed by atoms with van der Waals surface area (Å²) in [6, 6.07) is 1.97. The van der Waals surface area contributed by atoms with E-state index in [0.717, 1.165) is 0 Å². The van der Waals surface area contributed by atoms with Gasteiger partial charge in [0.25, 0.3) is 5.82 Å². The molecule has 0 radical (unpaired) electrons. The number of hydrogen-bond donors (Lipinski definition) is 2. The summed E-state index contributed by atoms with van der Waals surface area (Å²) in [4.78, 5) is 11.3. The molecule has 2 aromatic rings. The van der Waals surface area contributed by atoms with Crippen LogP contribution in [0.25, 0.3) is 5.65 Å². The average Bonchev–Trinajstić information content (AvgIpc) is 2.77. The summed E-state index contributed by atoms with van der Waals surface area (Å²) in [6.07, 6.45) is -4.67. The van der Waals surface area contributed by atoms with Crippen molar-refractivity contribution < 1.29 is 18.0 Å². The maximum absolute atomic E-state index is 12.7. The standard InChI is InChI=1S/C11H13F3N6O/c1-5(2)8(9(15)21)16-6-3-4-7-17-18-10(11(12,13)14)20(7)19-6/h3-5,8H,1-2H3,(H2,15,21)(H,16,19). The van der Waals surface area contributed by atoms with Gasteiger partial charge in [0.05, 0.1) is 0 Å². The Morgan fingerprint density at radius 3 is 2.52 bits per heavy atom. The van der Waals surface area contributed by atoms with Crippen molar-refractivity contribution in [2.45, 2.75) is 26.1 Å². The molecular formula is C11H13F3N6O. The Morgan fingerprint density at radius 1 is 1.33 bits per heavy atom. The second kappa shape index (κ2) is 5.19. The van der Waals surface area contributed by atoms with Gasteiger partial charge in [-0.1, -0.05) is 13.8 Å². The van der Waals surface area contributed by atoms with E-state index in [1.54, 1.807) is 13.8 Å². The maximum atomic E-state index is 12.7. The number of carbonyl (C=O) groups excluding carboxylic acids is 1. The third kappa shape index (κ3) is 3.03. The molecule has 114 valence electrons. The van der Waals surface area contributed by atoms with Gasteiger partial charge in [0.2, 0.25) is 5.91 Å². The highest BCUT2D eigenvalue weighted by molar-refractivity contribution is 5.82. The molecule has 1 unspecified atom stereocenters. The molecule has 7 nitrogen and oxygen atoms in total. The van der Waals surface area contributed by atoms with Gasteiger partial charge in [0.15, 0.2) is 5.65 Å². The number of carbonyl (C=O) groups is 1. The van der Waals surface area contributed by atoms with Crippen molar-refractivity contribution in [3.8, 4) is 0 Å². The number of nitrogens with one attached hydrogen (secondary N) is 1. The summed E-state index contributed by atoms with van der Waals surface area (Å²) in [6.45, 7) is 3.50. The summed E-state index contributed by atoms with van der Waals surface area (Å²) in [7, 11) is 0. The first kappa shape index (κ1) is 15.0. The summed E-state index contributed by atoms with van der Waals surface area (Å²) in [5.74, 6) is -1.93. The van der Waals surface area contributed by atoms with Crippen molar-refractivity contribution in [3.63, 3.8) is 0 Å². The molecule has 10 heteroatoms. The number of nitrogens with zero attached hydrogens (tertiary/aromatic N) is 4. The van der Waals surface area contributed by atoms with Crippen molar-refractivity contribution >= 4 is 17.4 Å². The molecule has 0 aliphatic heterocycles. The van der Waals surface area contributed by atoms with Gasteiger partial charge in [-0.15, -0.1) is 15.3 Å². The van der Waals surface area contributed by atoms with Gasteiger partial charge in [-0.25, -0.2) is 0 Å². The zero-order chi connectivity index (χ0) is 15.8. The van der Waals surface area contributed by atoms with Crippen molar-refractivity contribution in [2.24, 2.45) is 11.7 Å². The third-order valence-corrected chi connectivity index (χ3v) is 2.79. The van der Waals surface area contributed by atoms with Crippen LogP contribution >= 0.6 is 0 Å². The first-order valence-electron chi connectivity index (χ1n) is 6.05. The van der Waals surface area contributed by atoms with Gasteiger partial charge < -0.3 is 11.1 Å². The number of nitrogens with two attached hydrogens (primary N) is 1. The van der Waals surface area contributed by atoms with Crippen molar-refractivity contribution in [3.05, 3.63) is 18.0 Å². The number of alkyl halides is 3.